The molecule has 0 unspecified atom stereocenters. The van der Waals surface area contributed by atoms with Crippen molar-refractivity contribution in [2.75, 3.05) is 26.7 Å². The lowest BCUT2D eigenvalue weighted by Crippen LogP contribution is -2.52. The minimum atomic E-state index is -0.117. The summed E-state index contributed by atoms with van der Waals surface area (Å²) in [6.07, 6.45) is 13.1. The van der Waals surface area contributed by atoms with Crippen LogP contribution in [0.5, 0.6) is 0 Å². The number of carbonyl (C=O) groups excluding carboxylic acids is 1. The van der Waals surface area contributed by atoms with Crippen molar-refractivity contribution >= 4 is 11.6 Å². The van der Waals surface area contributed by atoms with Gasteiger partial charge in [-0.05, 0) is 124 Å². The molecular formula is C37H55N3O3. The minimum Gasteiger partial charge on any atom is -0.393 e. The number of carbonyl (C=O) groups is 1. The van der Waals surface area contributed by atoms with E-state index in [0.29, 0.717) is 30.3 Å². The molecule has 0 radical (unpaired) electrons. The Morgan fingerprint density at radius 2 is 1.86 bits per heavy atom. The van der Waals surface area contributed by atoms with Crippen molar-refractivity contribution in [2.45, 2.75) is 109 Å². The topological polar surface area (TPSA) is 74.2 Å². The Bertz CT molecular complexity index is 1230. The summed E-state index contributed by atoms with van der Waals surface area (Å²) in [7, 11) is 2.22. The number of amides is 1. The van der Waals surface area contributed by atoms with E-state index in [9.17, 15) is 9.90 Å². The molecule has 43 heavy (non-hydrogen) atoms. The number of nitrogens with zero attached hydrogens (tertiary/aromatic N) is 2. The Labute approximate surface area is 259 Å². The number of aliphatic hydroxyl groups excluding tert-OH is 1. The van der Waals surface area contributed by atoms with Gasteiger partial charge >= 0.3 is 0 Å². The molecule has 6 rings (SSSR count). The molecule has 236 valence electrons. The van der Waals surface area contributed by atoms with Gasteiger partial charge < -0.3 is 20.2 Å². The summed E-state index contributed by atoms with van der Waals surface area (Å²) >= 11 is 0. The molecule has 1 saturated heterocycles. The van der Waals surface area contributed by atoms with Crippen molar-refractivity contribution < 1.29 is 14.7 Å². The fraction of sp³-hybridized carbons (Fsp3) is 0.730. The van der Waals surface area contributed by atoms with Crippen LogP contribution in [0.15, 0.2) is 47.1 Å². The van der Waals surface area contributed by atoms with Gasteiger partial charge in [-0.25, -0.2) is 0 Å². The molecule has 0 bridgehead atoms. The summed E-state index contributed by atoms with van der Waals surface area (Å²) in [6, 6.07) is 11.4. The Kier molecular flexibility index (Phi) is 8.58. The fourth-order valence-corrected chi connectivity index (χ4v) is 10.6. The molecule has 1 aliphatic heterocycles. The number of aliphatic hydroxyl groups is 1. The Morgan fingerprint density at radius 3 is 2.65 bits per heavy atom. The number of rotatable bonds is 7. The van der Waals surface area contributed by atoms with E-state index in [-0.39, 0.29) is 34.9 Å². The van der Waals surface area contributed by atoms with Gasteiger partial charge in [-0.3, -0.25) is 4.79 Å². The molecule has 1 amide bonds. The summed E-state index contributed by atoms with van der Waals surface area (Å²) in [6.45, 7) is 11.2. The summed E-state index contributed by atoms with van der Waals surface area (Å²) in [4.78, 5) is 20.9. The summed E-state index contributed by atoms with van der Waals surface area (Å²) < 4.78 is 0. The van der Waals surface area contributed by atoms with Crippen LogP contribution in [-0.2, 0) is 15.0 Å². The number of piperidine rings is 1. The van der Waals surface area contributed by atoms with Crippen molar-refractivity contribution in [1.82, 2.24) is 10.2 Å². The molecular weight excluding hydrogens is 534 g/mol. The van der Waals surface area contributed by atoms with Crippen LogP contribution < -0.4 is 5.32 Å². The molecule has 0 aromatic heterocycles. The number of fused-ring (bicyclic) bond motifs is 5. The smallest absolute Gasteiger partial charge is 0.260 e. The summed E-state index contributed by atoms with van der Waals surface area (Å²) in [5.74, 6) is 2.51. The third-order valence-electron chi connectivity index (χ3n) is 13.5. The van der Waals surface area contributed by atoms with Gasteiger partial charge in [0.1, 0.15) is 0 Å². The molecule has 5 aliphatic rings. The highest BCUT2D eigenvalue weighted by molar-refractivity contribution is 5.96. The highest BCUT2D eigenvalue weighted by atomic mass is 16.6. The minimum absolute atomic E-state index is 0.0374. The lowest BCUT2D eigenvalue weighted by atomic mass is 9.47. The zero-order chi connectivity index (χ0) is 30.4. The summed E-state index contributed by atoms with van der Waals surface area (Å²) in [5, 5.41) is 18.3. The monoisotopic (exact) mass is 589 g/mol. The van der Waals surface area contributed by atoms with Crippen LogP contribution in [0.4, 0.5) is 0 Å². The van der Waals surface area contributed by atoms with Crippen molar-refractivity contribution in [3.05, 3.63) is 47.5 Å². The lowest BCUT2D eigenvalue weighted by molar-refractivity contribution is -0.125. The number of hydrogen-bond donors (Lipinski definition) is 2. The molecule has 0 spiro atoms. The molecule has 6 nitrogen and oxygen atoms in total. The first kappa shape index (κ1) is 30.8. The number of nitrogens with one attached hydrogen (secondary N) is 1. The van der Waals surface area contributed by atoms with Gasteiger partial charge in [0.25, 0.3) is 5.91 Å². The molecule has 4 fully saturated rings. The molecule has 6 heteroatoms. The van der Waals surface area contributed by atoms with Crippen molar-refractivity contribution in [3.63, 3.8) is 0 Å². The second-order valence-electron chi connectivity index (χ2n) is 15.5. The molecule has 1 aromatic rings. The van der Waals surface area contributed by atoms with E-state index in [2.05, 4.69) is 86.5 Å². The predicted molar refractivity (Wildman–Crippen MR) is 173 cm³/mol. The molecule has 9 atom stereocenters. The van der Waals surface area contributed by atoms with Gasteiger partial charge in [0.15, 0.2) is 6.61 Å². The standard InChI is InChI=1S/C37H55N3O3/c1-25-23-40(5)26(2)22-37(25,27-9-7-6-8-10-27)19-20-38-34(42)24-43-39-29-15-17-35(3)28(21-29)11-12-30-31-13-14-33(41)36(31,4)18-16-32(30)35/h6-10,21,25-26,30-33,41H,11-20,22-24H2,1-5H3,(H,38,42)/b39-29-/t25-,26-,30+,31+,32+,33+,35+,36+,37+/m1/s1. The second-order valence-corrected chi connectivity index (χ2v) is 15.5. The highest BCUT2D eigenvalue weighted by Crippen LogP contribution is 2.65. The Morgan fingerprint density at radius 1 is 1.07 bits per heavy atom. The van der Waals surface area contributed by atoms with Gasteiger partial charge in [0, 0.05) is 24.5 Å². The average molecular weight is 590 g/mol. The maximum atomic E-state index is 12.8. The molecule has 1 aromatic carbocycles. The molecule has 1 heterocycles. The first-order valence-electron chi connectivity index (χ1n) is 17.2. The second kappa shape index (κ2) is 12.0. The third kappa shape index (κ3) is 5.49. The van der Waals surface area contributed by atoms with Gasteiger partial charge in [0.2, 0.25) is 0 Å². The van der Waals surface area contributed by atoms with Gasteiger partial charge in [-0.15, -0.1) is 0 Å². The van der Waals surface area contributed by atoms with E-state index in [1.54, 1.807) is 0 Å². The normalized spacial score (nSPS) is 42.0. The SMILES string of the molecule is C[C@@H]1C[C@](CCNC(=O)CO/N=C2\C=C3CC[C@H]4[C@@H]5CC[C@H](O)[C@@]5(C)CC[C@@H]4[C@@]3(C)CC2)(c2ccccc2)[C@H](C)CN1C. The first-order valence-corrected chi connectivity index (χ1v) is 17.2. The number of benzene rings is 1. The number of allylic oxidation sites excluding steroid dienone is 2. The third-order valence-corrected chi connectivity index (χ3v) is 13.5. The highest BCUT2D eigenvalue weighted by Gasteiger charge is 2.58. The van der Waals surface area contributed by atoms with Crippen molar-refractivity contribution in [2.24, 2.45) is 39.7 Å². The maximum absolute atomic E-state index is 12.8. The Hall–Kier alpha value is -2.18. The molecule has 3 saturated carbocycles. The van der Waals surface area contributed by atoms with E-state index < -0.39 is 0 Å². The zero-order valence-corrected chi connectivity index (χ0v) is 27.3. The fourth-order valence-electron chi connectivity index (χ4n) is 10.6. The Balaban J connectivity index is 1.03. The van der Waals surface area contributed by atoms with Crippen LogP contribution in [0.3, 0.4) is 0 Å². The van der Waals surface area contributed by atoms with Gasteiger partial charge in [0.05, 0.1) is 11.8 Å². The number of oxime groups is 1. The molecule has 4 aliphatic carbocycles. The number of hydrogen-bond acceptors (Lipinski definition) is 5. The lowest BCUT2D eigenvalue weighted by Gasteiger charge is -2.57. The van der Waals surface area contributed by atoms with E-state index in [1.807, 2.05) is 0 Å². The van der Waals surface area contributed by atoms with Crippen LogP contribution in [0.1, 0.15) is 97.5 Å². The van der Waals surface area contributed by atoms with E-state index in [4.69, 9.17) is 4.84 Å². The largest absolute Gasteiger partial charge is 0.393 e. The van der Waals surface area contributed by atoms with Gasteiger partial charge in [-0.1, -0.05) is 61.8 Å². The number of likely N-dealkylation sites (tertiary alicyclic amines) is 1. The van der Waals surface area contributed by atoms with Crippen LogP contribution in [0, 0.1) is 34.5 Å². The summed E-state index contributed by atoms with van der Waals surface area (Å²) in [5.41, 5.74) is 4.30. The molecule has 2 N–H and O–H groups in total. The average Bonchev–Trinajstić information content (AvgIpc) is 3.30. The van der Waals surface area contributed by atoms with Crippen LogP contribution in [-0.4, -0.2) is 60.5 Å². The van der Waals surface area contributed by atoms with E-state index in [1.165, 1.54) is 30.4 Å². The predicted octanol–water partition coefficient (Wildman–Crippen LogP) is 6.49. The first-order chi connectivity index (χ1) is 20.6. The quantitative estimate of drug-likeness (QED) is 0.357. The van der Waals surface area contributed by atoms with Crippen LogP contribution >= 0.6 is 0 Å². The van der Waals surface area contributed by atoms with E-state index >= 15 is 0 Å². The van der Waals surface area contributed by atoms with Crippen LogP contribution in [0.2, 0.25) is 0 Å². The van der Waals surface area contributed by atoms with Crippen LogP contribution in [0.25, 0.3) is 0 Å². The van der Waals surface area contributed by atoms with Gasteiger partial charge in [-0.2, -0.15) is 0 Å². The van der Waals surface area contributed by atoms with E-state index in [0.717, 1.165) is 63.1 Å². The zero-order valence-electron chi connectivity index (χ0n) is 27.3. The maximum Gasteiger partial charge on any atom is 0.260 e. The van der Waals surface area contributed by atoms with Crippen molar-refractivity contribution in [3.8, 4) is 0 Å². The van der Waals surface area contributed by atoms with Crippen molar-refractivity contribution in [1.29, 1.82) is 0 Å².